The summed E-state index contributed by atoms with van der Waals surface area (Å²) < 4.78 is 0. The smallest absolute Gasteiger partial charge is 0.0632 e. The number of halogens is 1. The van der Waals surface area contributed by atoms with Gasteiger partial charge in [-0.1, -0.05) is 29.8 Å². The van der Waals surface area contributed by atoms with E-state index in [0.29, 0.717) is 0 Å². The van der Waals surface area contributed by atoms with E-state index in [9.17, 15) is 5.11 Å². The van der Waals surface area contributed by atoms with Gasteiger partial charge in [0.15, 0.2) is 0 Å². The second kappa shape index (κ2) is 6.44. The monoisotopic (exact) mass is 296 g/mol. The summed E-state index contributed by atoms with van der Waals surface area (Å²) in [6.07, 6.45) is 2.61. The average molecular weight is 297 g/mol. The van der Waals surface area contributed by atoms with E-state index in [0.717, 1.165) is 42.9 Å². The summed E-state index contributed by atoms with van der Waals surface area (Å²) in [5.74, 6) is 0. The summed E-state index contributed by atoms with van der Waals surface area (Å²) in [6.45, 7) is 5.75. The van der Waals surface area contributed by atoms with Crippen LogP contribution in [0.15, 0.2) is 24.3 Å². The highest BCUT2D eigenvalue weighted by Crippen LogP contribution is 2.32. The van der Waals surface area contributed by atoms with Gasteiger partial charge in [0, 0.05) is 17.6 Å². The maximum Gasteiger partial charge on any atom is 0.0632 e. The normalized spacial score (nSPS) is 27.9. The molecule has 0 saturated carbocycles. The van der Waals surface area contributed by atoms with Crippen molar-refractivity contribution >= 4 is 11.6 Å². The van der Waals surface area contributed by atoms with Crippen LogP contribution in [0.25, 0.3) is 0 Å². The lowest BCUT2D eigenvalue weighted by molar-refractivity contribution is 0.0424. The van der Waals surface area contributed by atoms with Crippen LogP contribution < -0.4 is 5.73 Å². The first-order valence-electron chi connectivity index (χ1n) is 7.37. The number of likely N-dealkylation sites (tertiary alicyclic amines) is 1. The minimum absolute atomic E-state index is 0.00190. The van der Waals surface area contributed by atoms with Gasteiger partial charge < -0.3 is 10.8 Å². The lowest BCUT2D eigenvalue weighted by Crippen LogP contribution is -2.40. The molecule has 1 aromatic carbocycles. The molecule has 3 N–H and O–H groups in total. The van der Waals surface area contributed by atoms with Crippen molar-refractivity contribution in [2.24, 2.45) is 5.73 Å². The minimum Gasteiger partial charge on any atom is -0.390 e. The topological polar surface area (TPSA) is 49.5 Å². The molecule has 1 aliphatic heterocycles. The Kier molecular flexibility index (Phi) is 5.08. The molecule has 1 fully saturated rings. The van der Waals surface area contributed by atoms with E-state index in [1.54, 1.807) is 0 Å². The molecule has 3 nitrogen and oxygen atoms in total. The summed E-state index contributed by atoms with van der Waals surface area (Å²) in [5.41, 5.74) is 6.75. The summed E-state index contributed by atoms with van der Waals surface area (Å²) in [5, 5.41) is 11.0. The standard InChI is InChI=1S/C16H25ClN2O/c1-12(18)15(13-6-3-4-7-14(13)17)19-10-5-8-16(2,20)9-11-19/h3-4,6-7,12,15,20H,5,8-11,18H2,1-2H3. The molecule has 0 aliphatic carbocycles. The van der Waals surface area contributed by atoms with Gasteiger partial charge >= 0.3 is 0 Å². The van der Waals surface area contributed by atoms with E-state index in [2.05, 4.69) is 11.0 Å². The highest BCUT2D eigenvalue weighted by molar-refractivity contribution is 6.31. The molecule has 3 unspecified atom stereocenters. The second-order valence-electron chi connectivity index (χ2n) is 6.21. The number of nitrogens with two attached hydrogens (primary N) is 1. The maximum atomic E-state index is 10.2. The molecule has 0 amide bonds. The lowest BCUT2D eigenvalue weighted by atomic mass is 9.97. The quantitative estimate of drug-likeness (QED) is 0.901. The van der Waals surface area contributed by atoms with Gasteiger partial charge in [-0.15, -0.1) is 0 Å². The number of hydrogen-bond donors (Lipinski definition) is 2. The number of aliphatic hydroxyl groups is 1. The maximum absolute atomic E-state index is 10.2. The third-order valence-corrected chi connectivity index (χ3v) is 4.56. The molecule has 0 bridgehead atoms. The van der Waals surface area contributed by atoms with Gasteiger partial charge in [-0.3, -0.25) is 4.90 Å². The highest BCUT2D eigenvalue weighted by Gasteiger charge is 2.31. The van der Waals surface area contributed by atoms with E-state index in [4.69, 9.17) is 17.3 Å². The van der Waals surface area contributed by atoms with Crippen molar-refractivity contribution in [2.45, 2.75) is 50.8 Å². The Bertz CT molecular complexity index is 448. The van der Waals surface area contributed by atoms with Gasteiger partial charge in [-0.2, -0.15) is 0 Å². The Labute approximate surface area is 126 Å². The van der Waals surface area contributed by atoms with Gasteiger partial charge in [0.2, 0.25) is 0 Å². The SMILES string of the molecule is CC(N)C(c1ccccc1Cl)N1CCCC(C)(O)CC1. The molecule has 0 spiro atoms. The number of hydrogen-bond acceptors (Lipinski definition) is 3. The molecule has 2 rings (SSSR count). The molecular formula is C16H25ClN2O. The number of benzene rings is 1. The van der Waals surface area contributed by atoms with Crippen molar-refractivity contribution in [1.82, 2.24) is 4.90 Å². The van der Waals surface area contributed by atoms with Gasteiger partial charge in [0.1, 0.15) is 0 Å². The van der Waals surface area contributed by atoms with E-state index < -0.39 is 5.60 Å². The summed E-state index contributed by atoms with van der Waals surface area (Å²) in [6, 6.07) is 8.03. The summed E-state index contributed by atoms with van der Waals surface area (Å²) in [7, 11) is 0. The summed E-state index contributed by atoms with van der Waals surface area (Å²) >= 11 is 6.35. The third kappa shape index (κ3) is 3.73. The van der Waals surface area contributed by atoms with Crippen LogP contribution >= 0.6 is 11.6 Å². The molecule has 1 aliphatic rings. The lowest BCUT2D eigenvalue weighted by Gasteiger charge is -2.34. The third-order valence-electron chi connectivity index (χ3n) is 4.21. The Hall–Kier alpha value is -0.610. The van der Waals surface area contributed by atoms with Crippen molar-refractivity contribution in [3.05, 3.63) is 34.9 Å². The molecular weight excluding hydrogens is 272 g/mol. The predicted octanol–water partition coefficient (Wildman–Crippen LogP) is 2.97. The molecule has 0 radical (unpaired) electrons. The van der Waals surface area contributed by atoms with Gasteiger partial charge in [0.25, 0.3) is 0 Å². The Morgan fingerprint density at radius 1 is 1.30 bits per heavy atom. The molecule has 1 saturated heterocycles. The molecule has 4 heteroatoms. The minimum atomic E-state index is -0.558. The zero-order chi connectivity index (χ0) is 14.8. The van der Waals surface area contributed by atoms with Gasteiger partial charge in [-0.25, -0.2) is 0 Å². The van der Waals surface area contributed by atoms with Gasteiger partial charge in [-0.05, 0) is 51.3 Å². The van der Waals surface area contributed by atoms with Crippen LogP contribution in [0.4, 0.5) is 0 Å². The van der Waals surface area contributed by atoms with Crippen LogP contribution in [-0.4, -0.2) is 34.7 Å². The fourth-order valence-corrected chi connectivity index (χ4v) is 3.34. The first-order chi connectivity index (χ1) is 9.41. The summed E-state index contributed by atoms with van der Waals surface area (Å²) in [4.78, 5) is 2.37. The largest absolute Gasteiger partial charge is 0.390 e. The first-order valence-corrected chi connectivity index (χ1v) is 7.75. The van der Waals surface area contributed by atoms with E-state index in [1.807, 2.05) is 32.0 Å². The number of nitrogens with zero attached hydrogens (tertiary/aromatic N) is 1. The highest BCUT2D eigenvalue weighted by atomic mass is 35.5. The Balaban J connectivity index is 2.23. The average Bonchev–Trinajstić information content (AvgIpc) is 2.53. The van der Waals surface area contributed by atoms with Crippen molar-refractivity contribution < 1.29 is 5.11 Å². The molecule has 0 aromatic heterocycles. The Morgan fingerprint density at radius 2 is 2.00 bits per heavy atom. The Morgan fingerprint density at radius 3 is 2.65 bits per heavy atom. The zero-order valence-corrected chi connectivity index (χ0v) is 13.1. The van der Waals surface area contributed by atoms with E-state index >= 15 is 0 Å². The second-order valence-corrected chi connectivity index (χ2v) is 6.62. The van der Waals surface area contributed by atoms with Crippen LogP contribution in [0.1, 0.15) is 44.7 Å². The molecule has 1 heterocycles. The van der Waals surface area contributed by atoms with Crippen molar-refractivity contribution in [3.63, 3.8) is 0 Å². The van der Waals surface area contributed by atoms with Crippen LogP contribution in [0.5, 0.6) is 0 Å². The van der Waals surface area contributed by atoms with Crippen molar-refractivity contribution in [2.75, 3.05) is 13.1 Å². The fraction of sp³-hybridized carbons (Fsp3) is 0.625. The van der Waals surface area contributed by atoms with Crippen molar-refractivity contribution in [1.29, 1.82) is 0 Å². The number of rotatable bonds is 3. The van der Waals surface area contributed by atoms with Crippen LogP contribution in [-0.2, 0) is 0 Å². The first kappa shape index (κ1) is 15.8. The van der Waals surface area contributed by atoms with Crippen LogP contribution in [0.3, 0.4) is 0 Å². The van der Waals surface area contributed by atoms with E-state index in [-0.39, 0.29) is 12.1 Å². The predicted molar refractivity (Wildman–Crippen MR) is 83.9 cm³/mol. The molecule has 1 aromatic rings. The van der Waals surface area contributed by atoms with E-state index in [1.165, 1.54) is 0 Å². The fourth-order valence-electron chi connectivity index (χ4n) is 3.09. The van der Waals surface area contributed by atoms with Crippen molar-refractivity contribution in [3.8, 4) is 0 Å². The molecule has 112 valence electrons. The zero-order valence-electron chi connectivity index (χ0n) is 12.3. The molecule has 3 atom stereocenters. The molecule has 20 heavy (non-hydrogen) atoms. The van der Waals surface area contributed by atoms with Crippen LogP contribution in [0.2, 0.25) is 5.02 Å². The van der Waals surface area contributed by atoms with Crippen LogP contribution in [0, 0.1) is 0 Å². The van der Waals surface area contributed by atoms with Gasteiger partial charge in [0.05, 0.1) is 11.6 Å².